The van der Waals surface area contributed by atoms with Crippen LogP contribution in [-0.2, 0) is 0 Å². The van der Waals surface area contributed by atoms with E-state index in [9.17, 15) is 15.8 Å². The van der Waals surface area contributed by atoms with Crippen molar-refractivity contribution in [2.45, 2.75) is 18.1 Å². The van der Waals surface area contributed by atoms with E-state index in [-0.39, 0.29) is 18.1 Å². The van der Waals surface area contributed by atoms with E-state index in [1.54, 1.807) is 24.3 Å². The highest BCUT2D eigenvalue weighted by Crippen LogP contribution is 2.36. The largest absolute Gasteiger partial charge is 0.361 e. The van der Waals surface area contributed by atoms with E-state index in [2.05, 4.69) is 102 Å². The molecule has 3 fully saturated rings. The van der Waals surface area contributed by atoms with Gasteiger partial charge in [-0.15, -0.1) is 0 Å². The first-order valence-corrected chi connectivity index (χ1v) is 24.6. The SMILES string of the molecule is CN1CCN(c2ccc(Br)cc2C#N)[C@H](c2ccc(Cl)cc2)C1.CN1CCN(c2ccc(C#N)cc2C#N)[C@H](c2ccc(Cl)cc2)C1.N#Cc1ccc(N2CCNC[C@H]2c2ccc(Cl)cc2)c(C#N)c1. The Morgan fingerprint density at radius 1 is 0.457 bits per heavy atom. The molecular formula is C55H49BrCl3N11. The summed E-state index contributed by atoms with van der Waals surface area (Å²) in [6.45, 7) is 7.86. The van der Waals surface area contributed by atoms with Crippen molar-refractivity contribution < 1.29 is 0 Å². The van der Waals surface area contributed by atoms with Gasteiger partial charge in [0.05, 0.1) is 75.1 Å². The van der Waals surface area contributed by atoms with Gasteiger partial charge < -0.3 is 29.8 Å². The third kappa shape index (κ3) is 12.6. The Bertz CT molecular complexity index is 2990. The number of nitrogens with one attached hydrogen (secondary N) is 1. The van der Waals surface area contributed by atoms with Gasteiger partial charge in [0.1, 0.15) is 18.2 Å². The Labute approximate surface area is 434 Å². The van der Waals surface area contributed by atoms with E-state index in [1.807, 2.05) is 91.0 Å². The van der Waals surface area contributed by atoms with Crippen LogP contribution in [0.4, 0.5) is 17.1 Å². The Hall–Kier alpha value is -6.60. The number of likely N-dealkylation sites (N-methyl/N-ethyl adjacent to an activating group) is 2. The highest BCUT2D eigenvalue weighted by molar-refractivity contribution is 9.10. The summed E-state index contributed by atoms with van der Waals surface area (Å²) < 4.78 is 0.926. The van der Waals surface area contributed by atoms with Gasteiger partial charge in [0, 0.05) is 78.4 Å². The van der Waals surface area contributed by atoms with Crippen LogP contribution in [0.25, 0.3) is 0 Å². The molecule has 3 atom stereocenters. The number of anilines is 3. The lowest BCUT2D eigenvalue weighted by Gasteiger charge is -2.42. The number of hydrogen-bond acceptors (Lipinski definition) is 11. The van der Waals surface area contributed by atoms with Crippen LogP contribution in [-0.4, -0.2) is 82.8 Å². The average molecular weight is 1050 g/mol. The van der Waals surface area contributed by atoms with E-state index in [1.165, 1.54) is 11.1 Å². The molecule has 0 bridgehead atoms. The Kier molecular flexibility index (Phi) is 17.8. The maximum absolute atomic E-state index is 9.50. The number of hydrogen-bond donors (Lipinski definition) is 1. The molecule has 3 aliphatic rings. The zero-order chi connectivity index (χ0) is 49.7. The van der Waals surface area contributed by atoms with Gasteiger partial charge in [0.25, 0.3) is 0 Å². The Morgan fingerprint density at radius 3 is 1.23 bits per heavy atom. The highest BCUT2D eigenvalue weighted by atomic mass is 79.9. The van der Waals surface area contributed by atoms with Crippen LogP contribution in [0.1, 0.15) is 62.6 Å². The van der Waals surface area contributed by atoms with E-state index in [4.69, 9.17) is 45.3 Å². The molecule has 352 valence electrons. The molecule has 11 nitrogen and oxygen atoms in total. The normalized spacial score (nSPS) is 18.0. The lowest BCUT2D eigenvalue weighted by Crippen LogP contribution is -2.47. The molecule has 3 heterocycles. The summed E-state index contributed by atoms with van der Waals surface area (Å²) in [6, 6.07) is 51.6. The van der Waals surface area contributed by atoms with E-state index < -0.39 is 0 Å². The second kappa shape index (κ2) is 24.3. The molecule has 0 aromatic heterocycles. The van der Waals surface area contributed by atoms with Crippen molar-refractivity contribution in [1.29, 1.82) is 26.3 Å². The molecule has 0 spiro atoms. The van der Waals surface area contributed by atoms with Crippen LogP contribution in [0, 0.1) is 56.7 Å². The van der Waals surface area contributed by atoms with Crippen LogP contribution in [0.2, 0.25) is 15.1 Å². The minimum Gasteiger partial charge on any atom is -0.361 e. The molecule has 0 radical (unpaired) electrons. The number of nitriles is 5. The van der Waals surface area contributed by atoms with E-state index in [0.717, 1.165) is 91.0 Å². The molecule has 0 unspecified atom stereocenters. The fourth-order valence-corrected chi connectivity index (χ4v) is 9.81. The number of halogens is 4. The third-order valence-corrected chi connectivity index (χ3v) is 13.9. The molecule has 3 saturated heterocycles. The maximum Gasteiger partial charge on any atom is 0.101 e. The maximum atomic E-state index is 9.50. The lowest BCUT2D eigenvalue weighted by molar-refractivity contribution is 0.269. The third-order valence-electron chi connectivity index (χ3n) is 12.7. The van der Waals surface area contributed by atoms with Crippen LogP contribution in [0.3, 0.4) is 0 Å². The van der Waals surface area contributed by atoms with Gasteiger partial charge >= 0.3 is 0 Å². The lowest BCUT2D eigenvalue weighted by atomic mass is 9.99. The van der Waals surface area contributed by atoms with Crippen molar-refractivity contribution in [2.75, 3.05) is 87.7 Å². The average Bonchev–Trinajstić information content (AvgIpc) is 3.39. The molecule has 15 heteroatoms. The van der Waals surface area contributed by atoms with E-state index >= 15 is 0 Å². The fraction of sp³-hybridized carbons (Fsp3) is 0.255. The quantitative estimate of drug-likeness (QED) is 0.170. The Balaban J connectivity index is 0.000000155. The number of piperazine rings is 3. The summed E-state index contributed by atoms with van der Waals surface area (Å²) in [7, 11) is 4.23. The van der Waals surface area contributed by atoms with Crippen molar-refractivity contribution >= 4 is 67.8 Å². The van der Waals surface area contributed by atoms with Crippen LogP contribution in [0.15, 0.2) is 132 Å². The van der Waals surface area contributed by atoms with Crippen molar-refractivity contribution in [3.8, 4) is 30.3 Å². The van der Waals surface area contributed by atoms with Crippen molar-refractivity contribution in [2.24, 2.45) is 0 Å². The van der Waals surface area contributed by atoms with Gasteiger partial charge in [0.2, 0.25) is 0 Å². The molecule has 3 aliphatic heterocycles. The van der Waals surface area contributed by atoms with Gasteiger partial charge in [-0.05, 0) is 122 Å². The first kappa shape index (κ1) is 51.3. The minimum absolute atomic E-state index is 0.126. The molecule has 70 heavy (non-hydrogen) atoms. The Morgan fingerprint density at radius 2 is 0.829 bits per heavy atom. The highest BCUT2D eigenvalue weighted by Gasteiger charge is 2.30. The first-order chi connectivity index (χ1) is 33.9. The van der Waals surface area contributed by atoms with Gasteiger partial charge in [-0.1, -0.05) is 87.1 Å². The van der Waals surface area contributed by atoms with Crippen molar-refractivity contribution in [3.05, 3.63) is 191 Å². The summed E-state index contributed by atoms with van der Waals surface area (Å²) in [5.41, 5.74) is 9.05. The van der Waals surface area contributed by atoms with E-state index in [0.29, 0.717) is 37.9 Å². The summed E-state index contributed by atoms with van der Waals surface area (Å²) in [5.74, 6) is 0. The van der Waals surface area contributed by atoms with Gasteiger partial charge in [0.15, 0.2) is 0 Å². The molecule has 0 saturated carbocycles. The summed E-state index contributed by atoms with van der Waals surface area (Å²) in [6.07, 6.45) is 0. The number of nitrogens with zero attached hydrogens (tertiary/aromatic N) is 10. The number of benzene rings is 6. The molecule has 1 N–H and O–H groups in total. The summed E-state index contributed by atoms with van der Waals surface area (Å²) in [4.78, 5) is 11.4. The molecular weight excluding hydrogens is 1000 g/mol. The molecule has 0 aliphatic carbocycles. The summed E-state index contributed by atoms with van der Waals surface area (Å²) >= 11 is 21.5. The monoisotopic (exact) mass is 1050 g/mol. The zero-order valence-corrected chi connectivity index (χ0v) is 42.6. The van der Waals surface area contributed by atoms with Crippen molar-refractivity contribution in [1.82, 2.24) is 15.1 Å². The first-order valence-electron chi connectivity index (χ1n) is 22.7. The molecule has 6 aromatic carbocycles. The van der Waals surface area contributed by atoms with Gasteiger partial charge in [-0.25, -0.2) is 0 Å². The van der Waals surface area contributed by atoms with Crippen LogP contribution >= 0.6 is 50.7 Å². The fourth-order valence-electron chi connectivity index (χ4n) is 9.07. The molecule has 6 aromatic rings. The smallest absolute Gasteiger partial charge is 0.101 e. The van der Waals surface area contributed by atoms with Gasteiger partial charge in [-0.2, -0.15) is 26.3 Å². The number of rotatable bonds is 6. The van der Waals surface area contributed by atoms with Crippen LogP contribution in [0.5, 0.6) is 0 Å². The van der Waals surface area contributed by atoms with Crippen molar-refractivity contribution in [3.63, 3.8) is 0 Å². The zero-order valence-electron chi connectivity index (χ0n) is 38.7. The predicted molar refractivity (Wildman–Crippen MR) is 283 cm³/mol. The molecule has 9 rings (SSSR count). The second-order valence-electron chi connectivity index (χ2n) is 17.2. The topological polar surface area (TPSA) is 147 Å². The predicted octanol–water partition coefficient (Wildman–Crippen LogP) is 11.3. The standard InChI is InChI=1S/C19H17ClN4.C18H17BrClN3.C18H15ClN4/c1-23-8-9-24(18-7-2-14(11-21)10-16(18)12-22)19(13-23)15-3-5-17(20)6-4-15;1-22-8-9-23(17-7-4-15(19)10-14(17)11-21)18(12-22)13-2-5-16(20)6-3-13;19-16-4-2-14(3-5-16)18-12-22-7-8-23(18)17-6-1-13(10-20)9-15(17)11-21/h2-7,10,19H,8-9,13H2,1H3;2-7,10,18H,8-9,12H2,1H3;1-6,9,18,22H,7-8,12H2/t19-;2*18-/m000/s1. The minimum atomic E-state index is 0.126. The van der Waals surface area contributed by atoms with Gasteiger partial charge in [-0.3, -0.25) is 0 Å². The summed E-state index contributed by atoms with van der Waals surface area (Å²) in [5, 5.41) is 52.1. The molecule has 0 amide bonds. The second-order valence-corrected chi connectivity index (χ2v) is 19.4. The van der Waals surface area contributed by atoms with Crippen LogP contribution < -0.4 is 20.0 Å².